The number of rotatable bonds is 5. The zero-order chi connectivity index (χ0) is 20.8. The van der Waals surface area contributed by atoms with Crippen LogP contribution in [-0.4, -0.2) is 36.6 Å². The molecule has 9 heteroatoms. The minimum absolute atomic E-state index is 0.0666. The normalized spacial score (nSPS) is 11.9. The molecule has 0 spiro atoms. The van der Waals surface area contributed by atoms with E-state index in [0.717, 1.165) is 22.4 Å². The number of benzene rings is 2. The largest absolute Gasteiger partial charge is 0.480 e. The lowest BCUT2D eigenvalue weighted by molar-refractivity contribution is -0.138. The molecule has 0 aromatic heterocycles. The molecule has 0 aliphatic heterocycles. The molecule has 2 rings (SSSR count). The molecule has 0 aliphatic rings. The van der Waals surface area contributed by atoms with Crippen molar-refractivity contribution in [1.29, 1.82) is 0 Å². The molecule has 0 saturated carbocycles. The Balaban J connectivity index is 0.000000289. The average Bonchev–Trinajstić information content (AvgIpc) is 2.56. The highest BCUT2D eigenvalue weighted by molar-refractivity contribution is 7.85. The first-order valence-corrected chi connectivity index (χ1v) is 9.49. The van der Waals surface area contributed by atoms with E-state index in [-0.39, 0.29) is 11.4 Å². The quantitative estimate of drug-likeness (QED) is 0.380. The Hall–Kier alpha value is -2.62. The zero-order valence-corrected chi connectivity index (χ0v) is 16.2. The van der Waals surface area contributed by atoms with Crippen LogP contribution in [0.25, 0.3) is 0 Å². The number of nitrogens with two attached hydrogens (primary N) is 2. The van der Waals surface area contributed by atoms with Crippen molar-refractivity contribution < 1.29 is 22.9 Å². The minimum Gasteiger partial charge on any atom is -0.480 e. The highest BCUT2D eigenvalue weighted by atomic mass is 32.2. The second kappa shape index (κ2) is 9.36. The molecule has 0 heterocycles. The SMILES string of the molecule is Cc1cc(N)c(NC[C@H](N)C(=O)O)cc1C.Cc1ccc(S(=O)(=O)O)cc1. The Morgan fingerprint density at radius 1 is 1.11 bits per heavy atom. The number of nitrogen functional groups attached to an aromatic ring is 1. The molecule has 0 aliphatic carbocycles. The summed E-state index contributed by atoms with van der Waals surface area (Å²) in [6, 6.07) is 8.80. The number of aliphatic carboxylic acids is 1. The first kappa shape index (κ1) is 22.4. The van der Waals surface area contributed by atoms with Gasteiger partial charge in [-0.25, -0.2) is 0 Å². The van der Waals surface area contributed by atoms with Gasteiger partial charge in [-0.2, -0.15) is 8.42 Å². The van der Waals surface area contributed by atoms with E-state index in [2.05, 4.69) is 5.32 Å². The maximum atomic E-state index is 10.5. The van der Waals surface area contributed by atoms with Gasteiger partial charge in [-0.3, -0.25) is 9.35 Å². The first-order chi connectivity index (χ1) is 12.4. The molecule has 1 atom stereocenters. The van der Waals surface area contributed by atoms with Crippen LogP contribution in [0.3, 0.4) is 0 Å². The highest BCUT2D eigenvalue weighted by Crippen LogP contribution is 2.22. The maximum absolute atomic E-state index is 10.5. The van der Waals surface area contributed by atoms with Gasteiger partial charge in [0.05, 0.1) is 16.3 Å². The molecule has 0 fully saturated rings. The van der Waals surface area contributed by atoms with Gasteiger partial charge in [0.2, 0.25) is 0 Å². The van der Waals surface area contributed by atoms with E-state index in [9.17, 15) is 13.2 Å². The Morgan fingerprint density at radius 2 is 1.63 bits per heavy atom. The summed E-state index contributed by atoms with van der Waals surface area (Å²) in [5, 5.41) is 11.6. The Bertz CT molecular complexity index is 896. The van der Waals surface area contributed by atoms with Crippen LogP contribution >= 0.6 is 0 Å². The van der Waals surface area contributed by atoms with Gasteiger partial charge < -0.3 is 21.9 Å². The fourth-order valence-electron chi connectivity index (χ4n) is 2.01. The van der Waals surface area contributed by atoms with Crippen LogP contribution in [-0.2, 0) is 14.9 Å². The molecule has 0 bridgehead atoms. The number of carboxylic acid groups (broad SMARTS) is 1. The van der Waals surface area contributed by atoms with Gasteiger partial charge in [0.25, 0.3) is 10.1 Å². The summed E-state index contributed by atoms with van der Waals surface area (Å²) in [7, 11) is -4.02. The Morgan fingerprint density at radius 3 is 2.11 bits per heavy atom. The number of aryl methyl sites for hydroxylation is 3. The van der Waals surface area contributed by atoms with Crippen LogP contribution in [0.1, 0.15) is 16.7 Å². The predicted molar refractivity (Wildman–Crippen MR) is 105 cm³/mol. The van der Waals surface area contributed by atoms with Gasteiger partial charge in [0.15, 0.2) is 0 Å². The topological polar surface area (TPSA) is 156 Å². The molecule has 148 valence electrons. The van der Waals surface area contributed by atoms with Gasteiger partial charge in [0, 0.05) is 6.54 Å². The smallest absolute Gasteiger partial charge is 0.322 e. The molecule has 2 aromatic carbocycles. The van der Waals surface area contributed by atoms with E-state index in [1.165, 1.54) is 12.1 Å². The third-order valence-corrected chi connectivity index (χ3v) is 4.68. The van der Waals surface area contributed by atoms with Crippen LogP contribution < -0.4 is 16.8 Å². The number of hydrogen-bond donors (Lipinski definition) is 5. The molecule has 0 saturated heterocycles. The summed E-state index contributed by atoms with van der Waals surface area (Å²) in [5.74, 6) is -1.03. The maximum Gasteiger partial charge on any atom is 0.322 e. The van der Waals surface area contributed by atoms with Crippen molar-refractivity contribution in [3.05, 3.63) is 53.1 Å². The summed E-state index contributed by atoms with van der Waals surface area (Å²) in [6.07, 6.45) is 0. The molecule has 0 radical (unpaired) electrons. The lowest BCUT2D eigenvalue weighted by Gasteiger charge is -2.13. The number of carboxylic acids is 1. The van der Waals surface area contributed by atoms with Crippen LogP contribution in [0, 0.1) is 20.8 Å². The molecule has 8 nitrogen and oxygen atoms in total. The van der Waals surface area contributed by atoms with Gasteiger partial charge >= 0.3 is 5.97 Å². The number of hydrogen-bond acceptors (Lipinski definition) is 6. The van der Waals surface area contributed by atoms with Crippen molar-refractivity contribution in [3.8, 4) is 0 Å². The van der Waals surface area contributed by atoms with Crippen molar-refractivity contribution in [2.24, 2.45) is 5.73 Å². The fourth-order valence-corrected chi connectivity index (χ4v) is 2.49. The summed E-state index contributed by atoms with van der Waals surface area (Å²) in [4.78, 5) is 10.5. The lowest BCUT2D eigenvalue weighted by atomic mass is 10.1. The van der Waals surface area contributed by atoms with Gasteiger partial charge in [-0.05, 0) is 56.2 Å². The number of nitrogens with one attached hydrogen (secondary N) is 1. The summed E-state index contributed by atoms with van der Waals surface area (Å²) < 4.78 is 29.6. The van der Waals surface area contributed by atoms with Crippen LogP contribution in [0.2, 0.25) is 0 Å². The fraction of sp³-hybridized carbons (Fsp3) is 0.278. The molecular formula is C18H25N3O5S. The molecule has 27 heavy (non-hydrogen) atoms. The standard InChI is InChI=1S/C11H17N3O2.C7H8O3S/c1-6-3-8(12)10(4-7(6)2)14-5-9(13)11(15)16;1-6-2-4-7(5-3-6)11(8,9)10/h3-4,9,14H,5,12-13H2,1-2H3,(H,15,16);2-5H,1H3,(H,8,9,10)/t9-;/m0./s1. The van der Waals surface area contributed by atoms with E-state index in [1.807, 2.05) is 32.9 Å². The molecule has 7 N–H and O–H groups in total. The molecular weight excluding hydrogens is 370 g/mol. The zero-order valence-electron chi connectivity index (χ0n) is 15.4. The van der Waals surface area contributed by atoms with Crippen molar-refractivity contribution in [1.82, 2.24) is 0 Å². The van der Waals surface area contributed by atoms with E-state index < -0.39 is 22.1 Å². The third kappa shape index (κ3) is 7.26. The number of carbonyl (C=O) groups is 1. The third-order valence-electron chi connectivity index (χ3n) is 3.81. The predicted octanol–water partition coefficient (Wildman–Crippen LogP) is 1.95. The second-order valence-corrected chi connectivity index (χ2v) is 7.56. The van der Waals surface area contributed by atoms with Gasteiger partial charge in [-0.15, -0.1) is 0 Å². The van der Waals surface area contributed by atoms with Gasteiger partial charge in [-0.1, -0.05) is 17.7 Å². The summed E-state index contributed by atoms with van der Waals surface area (Å²) in [6.45, 7) is 5.94. The van der Waals surface area contributed by atoms with E-state index >= 15 is 0 Å². The lowest BCUT2D eigenvalue weighted by Crippen LogP contribution is -2.37. The average molecular weight is 395 g/mol. The van der Waals surface area contributed by atoms with Crippen molar-refractivity contribution >= 4 is 27.5 Å². The molecule has 0 unspecified atom stereocenters. The Labute approximate surface area is 158 Å². The van der Waals surface area contributed by atoms with Crippen molar-refractivity contribution in [2.45, 2.75) is 31.7 Å². The highest BCUT2D eigenvalue weighted by Gasteiger charge is 2.11. The van der Waals surface area contributed by atoms with Crippen molar-refractivity contribution in [3.63, 3.8) is 0 Å². The van der Waals surface area contributed by atoms with E-state index in [4.69, 9.17) is 21.1 Å². The van der Waals surface area contributed by atoms with E-state index in [1.54, 1.807) is 12.1 Å². The van der Waals surface area contributed by atoms with E-state index in [0.29, 0.717) is 5.69 Å². The second-order valence-electron chi connectivity index (χ2n) is 6.14. The minimum atomic E-state index is -4.02. The van der Waals surface area contributed by atoms with Crippen LogP contribution in [0.4, 0.5) is 11.4 Å². The molecule has 2 aromatic rings. The summed E-state index contributed by atoms with van der Waals surface area (Å²) in [5.41, 5.74) is 15.7. The summed E-state index contributed by atoms with van der Waals surface area (Å²) >= 11 is 0. The first-order valence-electron chi connectivity index (χ1n) is 8.05. The van der Waals surface area contributed by atoms with Gasteiger partial charge in [0.1, 0.15) is 6.04 Å². The monoisotopic (exact) mass is 395 g/mol. The van der Waals surface area contributed by atoms with Crippen LogP contribution in [0.15, 0.2) is 41.3 Å². The molecule has 0 amide bonds. The number of anilines is 2. The Kier molecular flexibility index (Phi) is 7.77. The van der Waals surface area contributed by atoms with Crippen LogP contribution in [0.5, 0.6) is 0 Å². The van der Waals surface area contributed by atoms with Crippen molar-refractivity contribution in [2.75, 3.05) is 17.6 Å².